The number of carbonyl (C=O) groups excluding carboxylic acids is 1. The molecular weight excluding hydrogens is 330 g/mol. The summed E-state index contributed by atoms with van der Waals surface area (Å²) in [7, 11) is 1.63. The molecular formula is C19H21N5O2. The van der Waals surface area contributed by atoms with Gasteiger partial charge in [0.25, 0.3) is 5.91 Å². The van der Waals surface area contributed by atoms with Crippen molar-refractivity contribution in [2.45, 2.75) is 27.3 Å². The van der Waals surface area contributed by atoms with Gasteiger partial charge in [0.05, 0.1) is 30.7 Å². The summed E-state index contributed by atoms with van der Waals surface area (Å²) in [5, 5.41) is 11.1. The quantitative estimate of drug-likeness (QED) is 0.764. The molecule has 0 fully saturated rings. The molecule has 0 saturated heterocycles. The van der Waals surface area contributed by atoms with Crippen molar-refractivity contribution >= 4 is 11.6 Å². The molecule has 0 atom stereocenters. The Balaban J connectivity index is 1.78. The SMILES string of the molecule is COc1ccc(Cn2nnc(C(=O)Nc3c(C)ccnc3C)c2C)cc1. The summed E-state index contributed by atoms with van der Waals surface area (Å²) in [6.07, 6.45) is 1.72. The van der Waals surface area contributed by atoms with E-state index >= 15 is 0 Å². The highest BCUT2D eigenvalue weighted by atomic mass is 16.5. The van der Waals surface area contributed by atoms with Gasteiger partial charge >= 0.3 is 0 Å². The summed E-state index contributed by atoms with van der Waals surface area (Å²) in [4.78, 5) is 16.8. The number of anilines is 1. The second kappa shape index (κ2) is 7.35. The number of aromatic nitrogens is 4. The fourth-order valence-electron chi connectivity index (χ4n) is 2.68. The molecule has 3 aromatic rings. The van der Waals surface area contributed by atoms with Crippen LogP contribution >= 0.6 is 0 Å². The van der Waals surface area contributed by atoms with Crippen molar-refractivity contribution in [3.8, 4) is 5.75 Å². The minimum atomic E-state index is -0.289. The number of hydrogen-bond acceptors (Lipinski definition) is 5. The number of rotatable bonds is 5. The van der Waals surface area contributed by atoms with Crippen LogP contribution in [0.5, 0.6) is 5.75 Å². The summed E-state index contributed by atoms with van der Waals surface area (Å²) in [5.41, 5.74) is 4.49. The molecule has 1 aromatic carbocycles. The second-order valence-corrected chi connectivity index (χ2v) is 6.07. The number of amides is 1. The molecule has 0 saturated carbocycles. The highest BCUT2D eigenvalue weighted by Gasteiger charge is 2.18. The van der Waals surface area contributed by atoms with Crippen LogP contribution in [0.3, 0.4) is 0 Å². The lowest BCUT2D eigenvalue weighted by atomic mass is 10.2. The molecule has 7 heteroatoms. The van der Waals surface area contributed by atoms with Gasteiger partial charge in [-0.05, 0) is 50.1 Å². The number of carbonyl (C=O) groups is 1. The lowest BCUT2D eigenvalue weighted by Crippen LogP contribution is -2.16. The number of nitrogens with one attached hydrogen (secondary N) is 1. The van der Waals surface area contributed by atoms with Gasteiger partial charge in [0.15, 0.2) is 5.69 Å². The zero-order chi connectivity index (χ0) is 18.7. The zero-order valence-electron chi connectivity index (χ0n) is 15.3. The third-order valence-corrected chi connectivity index (χ3v) is 4.28. The molecule has 0 aliphatic rings. The fraction of sp³-hybridized carbons (Fsp3) is 0.263. The standard InChI is InChI=1S/C19H21N5O2/c1-12-9-10-20-13(2)17(12)21-19(25)18-14(3)24(23-22-18)11-15-5-7-16(26-4)8-6-15/h5-10H,11H2,1-4H3,(H,21,25). The molecule has 0 unspecified atom stereocenters. The van der Waals surface area contributed by atoms with E-state index in [1.807, 2.05) is 51.1 Å². The Morgan fingerprint density at radius 3 is 2.54 bits per heavy atom. The van der Waals surface area contributed by atoms with Crippen molar-refractivity contribution in [3.63, 3.8) is 0 Å². The molecule has 2 aromatic heterocycles. The number of benzene rings is 1. The van der Waals surface area contributed by atoms with Crippen LogP contribution in [0.15, 0.2) is 36.5 Å². The summed E-state index contributed by atoms with van der Waals surface area (Å²) in [5.74, 6) is 0.508. The highest BCUT2D eigenvalue weighted by Crippen LogP contribution is 2.19. The van der Waals surface area contributed by atoms with E-state index in [1.54, 1.807) is 18.0 Å². The molecule has 0 spiro atoms. The van der Waals surface area contributed by atoms with Crippen molar-refractivity contribution in [1.82, 2.24) is 20.0 Å². The number of aryl methyl sites for hydroxylation is 2. The number of nitrogens with zero attached hydrogens (tertiary/aromatic N) is 4. The van der Waals surface area contributed by atoms with Gasteiger partial charge in [0.1, 0.15) is 5.75 Å². The topological polar surface area (TPSA) is 81.9 Å². The molecule has 3 rings (SSSR count). The first kappa shape index (κ1) is 17.6. The molecule has 0 radical (unpaired) electrons. The predicted octanol–water partition coefficient (Wildman–Crippen LogP) is 2.91. The second-order valence-electron chi connectivity index (χ2n) is 6.07. The smallest absolute Gasteiger partial charge is 0.278 e. The van der Waals surface area contributed by atoms with Crippen molar-refractivity contribution in [2.24, 2.45) is 0 Å². The molecule has 7 nitrogen and oxygen atoms in total. The van der Waals surface area contributed by atoms with E-state index in [0.717, 1.165) is 22.6 Å². The zero-order valence-corrected chi connectivity index (χ0v) is 15.3. The van der Waals surface area contributed by atoms with Crippen LogP contribution in [0.1, 0.15) is 33.0 Å². The van der Waals surface area contributed by atoms with E-state index < -0.39 is 0 Å². The van der Waals surface area contributed by atoms with Crippen LogP contribution in [0.2, 0.25) is 0 Å². The maximum Gasteiger partial charge on any atom is 0.278 e. The molecule has 0 bridgehead atoms. The minimum absolute atomic E-state index is 0.289. The fourth-order valence-corrected chi connectivity index (χ4v) is 2.68. The van der Waals surface area contributed by atoms with E-state index in [4.69, 9.17) is 4.74 Å². The van der Waals surface area contributed by atoms with Gasteiger partial charge in [-0.15, -0.1) is 5.10 Å². The Bertz CT molecular complexity index is 911. The molecule has 0 aliphatic heterocycles. The van der Waals surface area contributed by atoms with Gasteiger partial charge in [-0.3, -0.25) is 9.78 Å². The molecule has 26 heavy (non-hydrogen) atoms. The average Bonchev–Trinajstić information content (AvgIpc) is 2.99. The number of hydrogen-bond donors (Lipinski definition) is 1. The maximum absolute atomic E-state index is 12.6. The Morgan fingerprint density at radius 1 is 1.15 bits per heavy atom. The van der Waals surface area contributed by atoms with Crippen LogP contribution in [0.25, 0.3) is 0 Å². The monoisotopic (exact) mass is 351 g/mol. The van der Waals surface area contributed by atoms with E-state index in [1.165, 1.54) is 0 Å². The van der Waals surface area contributed by atoms with Gasteiger partial charge < -0.3 is 10.1 Å². The van der Waals surface area contributed by atoms with Gasteiger partial charge in [-0.2, -0.15) is 0 Å². The largest absolute Gasteiger partial charge is 0.497 e. The first-order valence-corrected chi connectivity index (χ1v) is 8.26. The van der Waals surface area contributed by atoms with Crippen molar-refractivity contribution in [2.75, 3.05) is 12.4 Å². The molecule has 134 valence electrons. The summed E-state index contributed by atoms with van der Waals surface area (Å²) < 4.78 is 6.87. The summed E-state index contributed by atoms with van der Waals surface area (Å²) >= 11 is 0. The third kappa shape index (κ3) is 3.56. The van der Waals surface area contributed by atoms with Gasteiger partial charge in [0.2, 0.25) is 0 Å². The van der Waals surface area contributed by atoms with Crippen molar-refractivity contribution in [3.05, 3.63) is 64.7 Å². The van der Waals surface area contributed by atoms with Gasteiger partial charge in [0, 0.05) is 6.20 Å². The number of ether oxygens (including phenoxy) is 1. The average molecular weight is 351 g/mol. The lowest BCUT2D eigenvalue weighted by Gasteiger charge is -2.10. The van der Waals surface area contributed by atoms with E-state index in [-0.39, 0.29) is 5.91 Å². The summed E-state index contributed by atoms with van der Waals surface area (Å²) in [6, 6.07) is 9.56. The van der Waals surface area contributed by atoms with Crippen molar-refractivity contribution < 1.29 is 9.53 Å². The predicted molar refractivity (Wildman–Crippen MR) is 98.5 cm³/mol. The third-order valence-electron chi connectivity index (χ3n) is 4.28. The summed E-state index contributed by atoms with van der Waals surface area (Å²) in [6.45, 7) is 6.15. The Morgan fingerprint density at radius 2 is 1.88 bits per heavy atom. The molecule has 0 aliphatic carbocycles. The van der Waals surface area contributed by atoms with Crippen LogP contribution in [-0.4, -0.2) is 33.0 Å². The van der Waals surface area contributed by atoms with Gasteiger partial charge in [-0.25, -0.2) is 4.68 Å². The van der Waals surface area contributed by atoms with Crippen molar-refractivity contribution in [1.29, 1.82) is 0 Å². The van der Waals surface area contributed by atoms with E-state index in [9.17, 15) is 4.79 Å². The normalized spacial score (nSPS) is 10.6. The van der Waals surface area contributed by atoms with Crippen LogP contribution in [0, 0.1) is 20.8 Å². The number of pyridine rings is 1. The molecule has 2 heterocycles. The van der Waals surface area contributed by atoms with E-state index in [0.29, 0.717) is 23.6 Å². The highest BCUT2D eigenvalue weighted by molar-refractivity contribution is 6.04. The van der Waals surface area contributed by atoms with E-state index in [2.05, 4.69) is 20.6 Å². The number of methoxy groups -OCH3 is 1. The molecule has 1 amide bonds. The van der Waals surface area contributed by atoms with Crippen LogP contribution in [0.4, 0.5) is 5.69 Å². The van der Waals surface area contributed by atoms with Crippen LogP contribution < -0.4 is 10.1 Å². The first-order chi connectivity index (χ1) is 12.5. The first-order valence-electron chi connectivity index (χ1n) is 8.26. The lowest BCUT2D eigenvalue weighted by molar-refractivity contribution is 0.102. The molecule has 1 N–H and O–H groups in total. The minimum Gasteiger partial charge on any atom is -0.497 e. The Kier molecular flexibility index (Phi) is 4.97. The Labute approximate surface area is 152 Å². The van der Waals surface area contributed by atoms with Gasteiger partial charge in [-0.1, -0.05) is 17.3 Å². The Hall–Kier alpha value is -3.22. The van der Waals surface area contributed by atoms with Crippen LogP contribution in [-0.2, 0) is 6.54 Å². The maximum atomic E-state index is 12.6.